The van der Waals surface area contributed by atoms with Crippen molar-refractivity contribution in [2.45, 2.75) is 198 Å². The second kappa shape index (κ2) is 22.5. The minimum Gasteiger partial charge on any atom is -0.459 e. The van der Waals surface area contributed by atoms with Crippen LogP contribution >= 0.6 is 0 Å². The van der Waals surface area contributed by atoms with E-state index in [1.165, 1.54) is 14.0 Å². The van der Waals surface area contributed by atoms with Crippen molar-refractivity contribution in [2.24, 2.45) is 17.8 Å². The van der Waals surface area contributed by atoms with Crippen molar-refractivity contribution in [2.75, 3.05) is 40.8 Å². The van der Waals surface area contributed by atoms with Gasteiger partial charge < -0.3 is 64.2 Å². The summed E-state index contributed by atoms with van der Waals surface area (Å²) in [6.07, 6.45) is -6.05. The second-order valence-corrected chi connectivity index (χ2v) is 19.6. The molecule has 62 heavy (non-hydrogen) atoms. The minimum atomic E-state index is -1.85. The number of carbonyl (C=O) groups excluding carboxylic acids is 1. The molecule has 3 fully saturated rings. The van der Waals surface area contributed by atoms with E-state index >= 15 is 0 Å². The highest BCUT2D eigenvalue weighted by Gasteiger charge is 2.53. The number of nitrogens with one attached hydrogen (secondary N) is 1. The van der Waals surface area contributed by atoms with Gasteiger partial charge in [-0.2, -0.15) is 0 Å². The largest absolute Gasteiger partial charge is 0.459 e. The highest BCUT2D eigenvalue weighted by molar-refractivity contribution is 5.73. The van der Waals surface area contributed by atoms with Crippen LogP contribution in [0.15, 0.2) is 24.4 Å². The molecule has 16 nitrogen and oxygen atoms in total. The third kappa shape index (κ3) is 12.9. The maximum absolute atomic E-state index is 14.5. The van der Waals surface area contributed by atoms with Gasteiger partial charge in [0.2, 0.25) is 0 Å². The summed E-state index contributed by atoms with van der Waals surface area (Å²) in [7, 11) is 5.29. The van der Waals surface area contributed by atoms with Crippen molar-refractivity contribution in [1.82, 2.24) is 20.1 Å². The number of aliphatic hydroxyl groups excluding tert-OH is 3. The Morgan fingerprint density at radius 3 is 2.29 bits per heavy atom. The van der Waals surface area contributed by atoms with Crippen LogP contribution in [0.3, 0.4) is 0 Å². The summed E-state index contributed by atoms with van der Waals surface area (Å²) in [5.41, 5.74) is -3.57. The smallest absolute Gasteiger partial charge is 0.311 e. The highest BCUT2D eigenvalue weighted by atomic mass is 16.7. The van der Waals surface area contributed by atoms with Gasteiger partial charge in [0.15, 0.2) is 12.6 Å². The van der Waals surface area contributed by atoms with E-state index in [-0.39, 0.29) is 37.3 Å². The molecule has 3 saturated heterocycles. The molecule has 0 radical (unpaired) electrons. The molecule has 0 aromatic carbocycles. The number of aromatic nitrogens is 1. The van der Waals surface area contributed by atoms with E-state index < -0.39 is 96.0 Å². The first kappa shape index (κ1) is 52.7. The van der Waals surface area contributed by atoms with Gasteiger partial charge in [-0.05, 0) is 119 Å². The Bertz CT molecular complexity index is 1510. The predicted molar refractivity (Wildman–Crippen MR) is 234 cm³/mol. The van der Waals surface area contributed by atoms with E-state index in [0.29, 0.717) is 39.0 Å². The fourth-order valence-electron chi connectivity index (χ4n) is 10.0. The number of rotatable bonds is 13. The fourth-order valence-corrected chi connectivity index (χ4v) is 10.0. The Hall–Kier alpha value is -1.90. The molecule has 0 saturated carbocycles. The molecule has 1 aromatic heterocycles. The van der Waals surface area contributed by atoms with Crippen molar-refractivity contribution in [3.05, 3.63) is 30.1 Å². The number of esters is 1. The Morgan fingerprint density at radius 2 is 1.68 bits per heavy atom. The molecule has 0 spiro atoms. The number of pyridine rings is 1. The summed E-state index contributed by atoms with van der Waals surface area (Å²) in [6, 6.07) is 4.91. The molecule has 0 aliphatic carbocycles. The molecule has 0 unspecified atom stereocenters. The summed E-state index contributed by atoms with van der Waals surface area (Å²) in [6.45, 7) is 20.1. The normalized spacial score (nSPS) is 43.5. The first-order valence-electron chi connectivity index (χ1n) is 22.8. The van der Waals surface area contributed by atoms with E-state index in [2.05, 4.69) is 15.2 Å². The maximum atomic E-state index is 14.5. The van der Waals surface area contributed by atoms with E-state index in [0.717, 1.165) is 5.69 Å². The van der Waals surface area contributed by atoms with E-state index in [4.69, 9.17) is 28.4 Å². The molecule has 4 heterocycles. The van der Waals surface area contributed by atoms with Gasteiger partial charge in [0.25, 0.3) is 0 Å². The van der Waals surface area contributed by atoms with Crippen LogP contribution in [0.2, 0.25) is 0 Å². The number of aliphatic hydroxyl groups is 5. The van der Waals surface area contributed by atoms with Crippen LogP contribution in [-0.4, -0.2) is 177 Å². The van der Waals surface area contributed by atoms with Crippen LogP contribution in [-0.2, 0) is 39.8 Å². The average molecular weight is 883 g/mol. The number of cyclic esters (lactones) is 1. The van der Waals surface area contributed by atoms with E-state index in [1.807, 2.05) is 64.9 Å². The molecule has 0 amide bonds. The Balaban J connectivity index is 1.76. The fraction of sp³-hybridized carbons (Fsp3) is 0.870. The first-order valence-corrected chi connectivity index (χ1v) is 22.8. The summed E-state index contributed by atoms with van der Waals surface area (Å²) < 4.78 is 38.1. The quantitative estimate of drug-likeness (QED) is 0.125. The SMILES string of the molecule is CC[C@H]1OC(=O)[C@H](C)[C@@H](O[C@H]2C[C@@](C)(OC)[C@@H](O)[C@H](C)O2)[C@H](C)[C@@H](O[C@@H]2O[C@H](C)C[C@H](N(C)C)[C@H]2O)[C@](C)(O)C[C@@H](C)CN(CCCNCc2ccccn2)[C@H](C)[C@@H](O)[C@]1(C)O. The van der Waals surface area contributed by atoms with Crippen molar-refractivity contribution in [1.29, 1.82) is 0 Å². The number of nitrogens with zero attached hydrogens (tertiary/aromatic N) is 3. The average Bonchev–Trinajstić information content (AvgIpc) is 3.21. The zero-order valence-corrected chi connectivity index (χ0v) is 39.8. The molecule has 6 N–H and O–H groups in total. The first-order chi connectivity index (χ1) is 29.0. The number of ether oxygens (including phenoxy) is 6. The molecule has 4 rings (SSSR count). The molecular weight excluding hydrogens is 801 g/mol. The Kier molecular flexibility index (Phi) is 19.2. The second-order valence-electron chi connectivity index (χ2n) is 19.6. The van der Waals surface area contributed by atoms with Gasteiger partial charge >= 0.3 is 5.97 Å². The van der Waals surface area contributed by atoms with Gasteiger partial charge in [0.1, 0.15) is 30.0 Å². The lowest BCUT2D eigenvalue weighted by molar-refractivity contribution is -0.318. The number of likely N-dealkylation sites (N-methyl/N-ethyl adjacent to an activating group) is 1. The lowest BCUT2D eigenvalue weighted by atomic mass is 9.77. The topological polar surface area (TPSA) is 205 Å². The molecule has 0 bridgehead atoms. The molecule has 1 aromatic rings. The van der Waals surface area contributed by atoms with Crippen LogP contribution in [0.25, 0.3) is 0 Å². The molecule has 3 aliphatic heterocycles. The lowest BCUT2D eigenvalue weighted by Crippen LogP contribution is -2.60. The zero-order chi connectivity index (χ0) is 46.3. The van der Waals surface area contributed by atoms with Gasteiger partial charge in [-0.3, -0.25) is 14.7 Å². The molecule has 358 valence electrons. The standard InChI is InChI=1S/C46H82N4O12/c1-14-35-46(10,56)39(52)31(6)50(21-17-19-47-25-33-18-15-16-20-48-33)26-27(2)23-44(8,55)41(62-43-37(51)34(49(11)12)22-28(3)58-43)29(4)38(30(5)42(54)60-35)61-36-24-45(9,57-13)40(53)32(7)59-36/h15-16,18,20,27-32,34-41,43,47,51-53,55-56H,14,17,19,21-26H2,1-13H3/t27-,28-,29+,30-,31-,32+,34+,35-,36+,37-,38+,39-,40+,41-,43+,44-,45-,46-/m1/s1. The van der Waals surface area contributed by atoms with Crippen LogP contribution in [0.5, 0.6) is 0 Å². The van der Waals surface area contributed by atoms with Crippen molar-refractivity contribution >= 4 is 5.97 Å². The van der Waals surface area contributed by atoms with Crippen LogP contribution in [0, 0.1) is 17.8 Å². The molecule has 3 aliphatic rings. The van der Waals surface area contributed by atoms with Crippen molar-refractivity contribution < 1.29 is 58.7 Å². The van der Waals surface area contributed by atoms with E-state index in [9.17, 15) is 30.3 Å². The highest BCUT2D eigenvalue weighted by Crippen LogP contribution is 2.40. The summed E-state index contributed by atoms with van der Waals surface area (Å²) in [4.78, 5) is 22.9. The van der Waals surface area contributed by atoms with E-state index in [1.54, 1.807) is 40.8 Å². The van der Waals surface area contributed by atoms with Gasteiger partial charge in [-0.25, -0.2) is 0 Å². The summed E-state index contributed by atoms with van der Waals surface area (Å²) >= 11 is 0. The monoisotopic (exact) mass is 883 g/mol. The number of hydrogen-bond donors (Lipinski definition) is 6. The van der Waals surface area contributed by atoms with Gasteiger partial charge in [0, 0.05) is 50.8 Å². The van der Waals surface area contributed by atoms with Gasteiger partial charge in [0.05, 0.1) is 47.2 Å². The molecule has 18 atom stereocenters. The minimum absolute atomic E-state index is 0.121. The third-order valence-electron chi connectivity index (χ3n) is 13.9. The predicted octanol–water partition coefficient (Wildman–Crippen LogP) is 2.85. The van der Waals surface area contributed by atoms with Gasteiger partial charge in [-0.15, -0.1) is 0 Å². The Labute approximate surface area is 370 Å². The van der Waals surface area contributed by atoms with Crippen molar-refractivity contribution in [3.63, 3.8) is 0 Å². The van der Waals surface area contributed by atoms with Crippen LogP contribution in [0.1, 0.15) is 107 Å². The number of carbonyl (C=O) groups is 1. The van der Waals surface area contributed by atoms with Gasteiger partial charge in [-0.1, -0.05) is 26.8 Å². The Morgan fingerprint density at radius 1 is 0.984 bits per heavy atom. The molecule has 16 heteroatoms. The molecular formula is C46H82N4O12. The zero-order valence-electron chi connectivity index (χ0n) is 39.8. The van der Waals surface area contributed by atoms with Crippen LogP contribution in [0.4, 0.5) is 0 Å². The number of methoxy groups -OCH3 is 1. The lowest BCUT2D eigenvalue weighted by Gasteiger charge is -2.48. The maximum Gasteiger partial charge on any atom is 0.311 e. The summed E-state index contributed by atoms with van der Waals surface area (Å²) in [5.74, 6) is -2.70. The third-order valence-corrected chi connectivity index (χ3v) is 13.9. The number of hydrogen-bond acceptors (Lipinski definition) is 16. The summed E-state index contributed by atoms with van der Waals surface area (Å²) in [5, 5.41) is 63.2. The van der Waals surface area contributed by atoms with Crippen molar-refractivity contribution in [3.8, 4) is 0 Å². The van der Waals surface area contributed by atoms with Crippen LogP contribution < -0.4 is 5.32 Å².